The number of carboxylic acid groups (broad SMARTS) is 1. The molecule has 0 bridgehead atoms. The minimum Gasteiger partial charge on any atom is -0.508 e. The van der Waals surface area contributed by atoms with Crippen molar-refractivity contribution in [3.63, 3.8) is 0 Å². The van der Waals surface area contributed by atoms with Crippen LogP contribution in [0.2, 0.25) is 0 Å². The molecule has 36 heavy (non-hydrogen) atoms. The molecule has 0 aromatic heterocycles. The summed E-state index contributed by atoms with van der Waals surface area (Å²) in [5.41, 5.74) is 7.68. The number of hydrogen-bond donors (Lipinski definition) is 5. The van der Waals surface area contributed by atoms with Crippen molar-refractivity contribution in [3.05, 3.63) is 59.7 Å². The van der Waals surface area contributed by atoms with E-state index in [9.17, 15) is 24.9 Å². The Kier molecular flexibility index (Phi) is 11.2. The van der Waals surface area contributed by atoms with Crippen molar-refractivity contribution >= 4 is 24.6 Å². The summed E-state index contributed by atoms with van der Waals surface area (Å²) in [6, 6.07) is 10.5. The van der Waals surface area contributed by atoms with Gasteiger partial charge in [-0.2, -0.15) is 0 Å². The molecule has 0 aliphatic heterocycles. The second-order valence-corrected chi connectivity index (χ2v) is 8.12. The highest BCUT2D eigenvalue weighted by molar-refractivity contribution is 5.90. The van der Waals surface area contributed by atoms with Gasteiger partial charge in [0.1, 0.15) is 24.1 Å². The fourth-order valence-electron chi connectivity index (χ4n) is 3.35. The highest BCUT2D eigenvalue weighted by Crippen LogP contribution is 2.13. The van der Waals surface area contributed by atoms with Crippen molar-refractivity contribution < 1.29 is 29.7 Å². The number of phenols is 2. The molecule has 2 rings (SSSR count). The molecular formula is C25H33N5O6. The SMILES string of the molecule is C=N/C(=N\OCCN(CCC)C(=O)NC(Cc1ccc(O)cc1)C(=O)O)C(N)Cc1ccc(O)cc1. The fourth-order valence-corrected chi connectivity index (χ4v) is 3.35. The third-order valence-corrected chi connectivity index (χ3v) is 5.25. The Morgan fingerprint density at radius 2 is 1.58 bits per heavy atom. The smallest absolute Gasteiger partial charge is 0.326 e. The summed E-state index contributed by atoms with van der Waals surface area (Å²) in [5, 5.41) is 34.8. The Labute approximate surface area is 209 Å². The Bertz CT molecular complexity index is 1030. The summed E-state index contributed by atoms with van der Waals surface area (Å²) in [6.07, 6.45) is 1.13. The van der Waals surface area contributed by atoms with E-state index in [0.29, 0.717) is 24.9 Å². The fraction of sp³-hybridized carbons (Fsp3) is 0.360. The summed E-state index contributed by atoms with van der Waals surface area (Å²) in [7, 11) is 0. The van der Waals surface area contributed by atoms with Gasteiger partial charge < -0.3 is 36.1 Å². The van der Waals surface area contributed by atoms with Crippen LogP contribution in [0.1, 0.15) is 24.5 Å². The number of phenolic OH excluding ortho intramolecular Hbond substituents is 2. The van der Waals surface area contributed by atoms with Crippen LogP contribution in [0.5, 0.6) is 11.5 Å². The number of urea groups is 1. The zero-order valence-corrected chi connectivity index (χ0v) is 20.2. The zero-order valence-electron chi connectivity index (χ0n) is 20.2. The van der Waals surface area contributed by atoms with Gasteiger partial charge >= 0.3 is 12.0 Å². The van der Waals surface area contributed by atoms with Crippen molar-refractivity contribution in [3.8, 4) is 11.5 Å². The molecule has 2 aromatic carbocycles. The molecule has 194 valence electrons. The molecule has 0 aliphatic carbocycles. The predicted octanol–water partition coefficient (Wildman–Crippen LogP) is 2.12. The number of oxime groups is 1. The molecular weight excluding hydrogens is 466 g/mol. The van der Waals surface area contributed by atoms with Gasteiger partial charge in [-0.15, -0.1) is 0 Å². The van der Waals surface area contributed by atoms with Gasteiger partial charge in [-0.1, -0.05) is 36.3 Å². The van der Waals surface area contributed by atoms with Crippen molar-refractivity contribution in [2.75, 3.05) is 19.7 Å². The monoisotopic (exact) mass is 499 g/mol. The number of nitrogens with one attached hydrogen (secondary N) is 1. The number of carbonyl (C=O) groups is 2. The van der Waals surface area contributed by atoms with Crippen molar-refractivity contribution in [2.24, 2.45) is 15.9 Å². The largest absolute Gasteiger partial charge is 0.508 e. The Morgan fingerprint density at radius 1 is 1.03 bits per heavy atom. The van der Waals surface area contributed by atoms with Gasteiger partial charge in [-0.25, -0.2) is 14.6 Å². The average molecular weight is 500 g/mol. The van der Waals surface area contributed by atoms with E-state index in [1.54, 1.807) is 36.4 Å². The summed E-state index contributed by atoms with van der Waals surface area (Å²) in [6.45, 7) is 5.95. The molecule has 2 atom stereocenters. The lowest BCUT2D eigenvalue weighted by Crippen LogP contribution is -2.49. The third-order valence-electron chi connectivity index (χ3n) is 5.25. The van der Waals surface area contributed by atoms with E-state index >= 15 is 0 Å². The van der Waals surface area contributed by atoms with Crippen LogP contribution in [0.3, 0.4) is 0 Å². The second kappa shape index (κ2) is 14.3. The van der Waals surface area contributed by atoms with E-state index in [1.165, 1.54) is 17.0 Å². The number of nitrogens with zero attached hydrogens (tertiary/aromatic N) is 3. The highest BCUT2D eigenvalue weighted by atomic mass is 16.6. The normalized spacial score (nSPS) is 12.9. The lowest BCUT2D eigenvalue weighted by molar-refractivity contribution is -0.139. The first-order chi connectivity index (χ1) is 17.2. The number of carbonyl (C=O) groups excluding carboxylic acids is 1. The number of aromatic hydroxyl groups is 2. The van der Waals surface area contributed by atoms with Crippen LogP contribution in [-0.2, 0) is 22.5 Å². The van der Waals surface area contributed by atoms with Crippen LogP contribution in [0, 0.1) is 0 Å². The van der Waals surface area contributed by atoms with E-state index in [-0.39, 0.29) is 36.9 Å². The quantitative estimate of drug-likeness (QED) is 0.122. The standard InChI is InChI=1S/C25H33N5O6/c1-3-12-30(25(35)28-22(24(33)34)16-18-6-10-20(32)11-7-18)13-14-36-29-23(27-2)21(26)15-17-4-8-19(31)9-5-17/h4-11,21-22,31-32H,2-3,12-16,26H2,1H3,(H,28,35)(H,33,34)/b29-23-. The highest BCUT2D eigenvalue weighted by Gasteiger charge is 2.23. The van der Waals surface area contributed by atoms with E-state index in [1.807, 2.05) is 6.92 Å². The maximum absolute atomic E-state index is 12.8. The van der Waals surface area contributed by atoms with Gasteiger partial charge in [0.15, 0.2) is 5.84 Å². The van der Waals surface area contributed by atoms with Gasteiger partial charge in [0.05, 0.1) is 12.6 Å². The maximum atomic E-state index is 12.8. The molecule has 2 unspecified atom stereocenters. The van der Waals surface area contributed by atoms with E-state index in [2.05, 4.69) is 22.2 Å². The van der Waals surface area contributed by atoms with Crippen molar-refractivity contribution in [2.45, 2.75) is 38.3 Å². The number of benzene rings is 2. The van der Waals surface area contributed by atoms with Crippen molar-refractivity contribution in [1.29, 1.82) is 0 Å². The van der Waals surface area contributed by atoms with Gasteiger partial charge in [0.25, 0.3) is 0 Å². The van der Waals surface area contributed by atoms with Crippen molar-refractivity contribution in [1.82, 2.24) is 10.2 Å². The molecule has 11 heteroatoms. The number of aliphatic carboxylic acids is 1. The summed E-state index contributed by atoms with van der Waals surface area (Å²) >= 11 is 0. The first-order valence-corrected chi connectivity index (χ1v) is 11.5. The van der Waals surface area contributed by atoms with Gasteiger partial charge in [0.2, 0.25) is 0 Å². The Hall–Kier alpha value is -4.12. The lowest BCUT2D eigenvalue weighted by Gasteiger charge is -2.24. The number of nitrogens with two attached hydrogens (primary N) is 1. The molecule has 0 fully saturated rings. The molecule has 6 N–H and O–H groups in total. The van der Waals surface area contributed by atoms with E-state index in [0.717, 1.165) is 5.56 Å². The number of hydrogen-bond acceptors (Lipinski definition) is 7. The topological polar surface area (TPSA) is 170 Å². The van der Waals surface area contributed by atoms with Gasteiger partial charge in [-0.05, 0) is 55.0 Å². The number of rotatable bonds is 13. The van der Waals surface area contributed by atoms with Crippen LogP contribution in [-0.4, -0.2) is 76.6 Å². The first kappa shape index (κ1) is 28.1. The molecule has 0 heterocycles. The lowest BCUT2D eigenvalue weighted by atomic mass is 10.1. The zero-order chi connectivity index (χ0) is 26.5. The molecule has 0 radical (unpaired) electrons. The second-order valence-electron chi connectivity index (χ2n) is 8.12. The molecule has 2 aromatic rings. The number of amidine groups is 1. The first-order valence-electron chi connectivity index (χ1n) is 11.5. The van der Waals surface area contributed by atoms with Gasteiger partial charge in [0, 0.05) is 13.0 Å². The molecule has 0 spiro atoms. The van der Waals surface area contributed by atoms with E-state index in [4.69, 9.17) is 10.6 Å². The molecule has 0 saturated heterocycles. The number of aliphatic imine (C=N–C) groups is 1. The number of carboxylic acids is 1. The van der Waals surface area contributed by atoms with Crippen LogP contribution in [0.15, 0.2) is 58.7 Å². The van der Waals surface area contributed by atoms with Crippen LogP contribution >= 0.6 is 0 Å². The van der Waals surface area contributed by atoms with Crippen LogP contribution < -0.4 is 11.1 Å². The molecule has 0 saturated carbocycles. The van der Waals surface area contributed by atoms with E-state index < -0.39 is 24.1 Å². The Morgan fingerprint density at radius 3 is 2.08 bits per heavy atom. The summed E-state index contributed by atoms with van der Waals surface area (Å²) < 4.78 is 0. The molecule has 11 nitrogen and oxygen atoms in total. The van der Waals surface area contributed by atoms with Gasteiger partial charge in [-0.3, -0.25) is 0 Å². The molecule has 2 amide bonds. The number of amides is 2. The minimum absolute atomic E-state index is 0.0358. The summed E-state index contributed by atoms with van der Waals surface area (Å²) in [4.78, 5) is 35.1. The Balaban J connectivity index is 1.92. The predicted molar refractivity (Wildman–Crippen MR) is 136 cm³/mol. The van der Waals surface area contributed by atoms with Crippen LogP contribution in [0.4, 0.5) is 4.79 Å². The summed E-state index contributed by atoms with van der Waals surface area (Å²) in [5.74, 6) is -0.753. The van der Waals surface area contributed by atoms with Crippen LogP contribution in [0.25, 0.3) is 0 Å². The average Bonchev–Trinajstić information content (AvgIpc) is 2.85. The third kappa shape index (κ3) is 9.26. The maximum Gasteiger partial charge on any atom is 0.326 e. The molecule has 0 aliphatic rings. The minimum atomic E-state index is -1.17.